The molecule has 1 fully saturated rings. The van der Waals surface area contributed by atoms with E-state index in [9.17, 15) is 0 Å². The number of nitrogens with zero attached hydrogens (tertiary/aromatic N) is 1. The molecule has 0 radical (unpaired) electrons. The molecular formula is C13H22N2O2. The van der Waals surface area contributed by atoms with E-state index in [1.165, 1.54) is 0 Å². The summed E-state index contributed by atoms with van der Waals surface area (Å²) >= 11 is 0. The summed E-state index contributed by atoms with van der Waals surface area (Å²) in [5.41, 5.74) is 5.98. The van der Waals surface area contributed by atoms with Crippen molar-refractivity contribution in [3.05, 3.63) is 24.2 Å². The van der Waals surface area contributed by atoms with Crippen LogP contribution in [0.25, 0.3) is 0 Å². The molecule has 0 aromatic carbocycles. The quantitative estimate of drug-likeness (QED) is 0.846. The first-order valence-electron chi connectivity index (χ1n) is 6.36. The van der Waals surface area contributed by atoms with E-state index in [0.29, 0.717) is 6.54 Å². The fraction of sp³-hybridized carbons (Fsp3) is 0.692. The van der Waals surface area contributed by atoms with Gasteiger partial charge in [0.1, 0.15) is 5.76 Å². The molecule has 17 heavy (non-hydrogen) atoms. The Morgan fingerprint density at radius 1 is 1.53 bits per heavy atom. The van der Waals surface area contributed by atoms with Gasteiger partial charge in [0.05, 0.1) is 25.0 Å². The second-order valence-electron chi connectivity index (χ2n) is 4.68. The van der Waals surface area contributed by atoms with Gasteiger partial charge in [-0.05, 0) is 31.5 Å². The topological polar surface area (TPSA) is 51.6 Å². The molecule has 4 nitrogen and oxygen atoms in total. The lowest BCUT2D eigenvalue weighted by Gasteiger charge is -2.44. The Bertz CT molecular complexity index is 318. The Labute approximate surface area is 103 Å². The number of furan rings is 1. The Morgan fingerprint density at radius 3 is 2.94 bits per heavy atom. The molecule has 1 aromatic rings. The Morgan fingerprint density at radius 2 is 2.41 bits per heavy atom. The maximum atomic E-state index is 5.99. The highest BCUT2D eigenvalue weighted by Crippen LogP contribution is 2.27. The summed E-state index contributed by atoms with van der Waals surface area (Å²) < 4.78 is 11.0. The van der Waals surface area contributed by atoms with Crippen LogP contribution >= 0.6 is 0 Å². The molecule has 96 valence electrons. The highest BCUT2D eigenvalue weighted by Gasteiger charge is 2.37. The van der Waals surface area contributed by atoms with E-state index < -0.39 is 0 Å². The van der Waals surface area contributed by atoms with Gasteiger partial charge in [-0.2, -0.15) is 0 Å². The van der Waals surface area contributed by atoms with Crippen LogP contribution in [-0.2, 0) is 11.3 Å². The molecule has 2 N–H and O–H groups in total. The van der Waals surface area contributed by atoms with Crippen LogP contribution in [0.15, 0.2) is 22.8 Å². The van der Waals surface area contributed by atoms with E-state index in [1.54, 1.807) is 6.26 Å². The second kappa shape index (κ2) is 5.67. The molecule has 1 saturated heterocycles. The number of likely N-dealkylation sites (N-methyl/N-ethyl adjacent to an activating group) is 1. The van der Waals surface area contributed by atoms with Gasteiger partial charge in [0.2, 0.25) is 0 Å². The SMILES string of the molecule is CCN(Cc1ccco1)C1(CN)CCCOC1. The van der Waals surface area contributed by atoms with Crippen LogP contribution in [0.3, 0.4) is 0 Å². The van der Waals surface area contributed by atoms with E-state index in [4.69, 9.17) is 14.9 Å². The Balaban J connectivity index is 2.09. The van der Waals surface area contributed by atoms with E-state index in [1.807, 2.05) is 12.1 Å². The number of nitrogens with two attached hydrogens (primary N) is 1. The molecule has 1 unspecified atom stereocenters. The van der Waals surface area contributed by atoms with Crippen molar-refractivity contribution in [2.24, 2.45) is 5.73 Å². The predicted octanol–water partition coefficient (Wildman–Crippen LogP) is 1.61. The number of ether oxygens (including phenoxy) is 1. The molecule has 0 spiro atoms. The number of hydrogen-bond donors (Lipinski definition) is 1. The van der Waals surface area contributed by atoms with Crippen molar-refractivity contribution in [3.63, 3.8) is 0 Å². The van der Waals surface area contributed by atoms with Crippen LogP contribution in [0.2, 0.25) is 0 Å². The molecule has 2 heterocycles. The summed E-state index contributed by atoms with van der Waals surface area (Å²) in [4.78, 5) is 2.38. The Kier molecular flexibility index (Phi) is 4.20. The molecule has 0 bridgehead atoms. The van der Waals surface area contributed by atoms with Crippen molar-refractivity contribution in [2.45, 2.75) is 31.8 Å². The summed E-state index contributed by atoms with van der Waals surface area (Å²) in [6.45, 7) is 6.17. The zero-order valence-electron chi connectivity index (χ0n) is 10.5. The van der Waals surface area contributed by atoms with Gasteiger partial charge in [0.25, 0.3) is 0 Å². The largest absolute Gasteiger partial charge is 0.468 e. The normalized spacial score (nSPS) is 25.4. The zero-order chi connectivity index (χ0) is 12.1. The maximum Gasteiger partial charge on any atom is 0.117 e. The highest BCUT2D eigenvalue weighted by molar-refractivity contribution is 5.01. The lowest BCUT2D eigenvalue weighted by molar-refractivity contribution is -0.0489. The molecule has 1 aliphatic heterocycles. The molecule has 2 rings (SSSR count). The van der Waals surface area contributed by atoms with Gasteiger partial charge in [0, 0.05) is 13.2 Å². The average molecular weight is 238 g/mol. The van der Waals surface area contributed by atoms with Crippen LogP contribution in [0.5, 0.6) is 0 Å². The van der Waals surface area contributed by atoms with Crippen LogP contribution in [0, 0.1) is 0 Å². The minimum Gasteiger partial charge on any atom is -0.468 e. The molecule has 4 heteroatoms. The predicted molar refractivity (Wildman–Crippen MR) is 66.6 cm³/mol. The molecule has 0 saturated carbocycles. The number of rotatable bonds is 5. The third-order valence-corrected chi connectivity index (χ3v) is 3.66. The van der Waals surface area contributed by atoms with Gasteiger partial charge in [-0.3, -0.25) is 4.90 Å². The van der Waals surface area contributed by atoms with Crippen molar-refractivity contribution in [1.82, 2.24) is 4.90 Å². The lowest BCUT2D eigenvalue weighted by Crippen LogP contribution is -2.58. The standard InChI is InChI=1S/C13H22N2O2/c1-2-15(9-12-5-3-8-17-12)13(10-14)6-4-7-16-11-13/h3,5,8H,2,4,6-7,9-11,14H2,1H3. The summed E-state index contributed by atoms with van der Waals surface area (Å²) in [6, 6.07) is 3.94. The van der Waals surface area contributed by atoms with Crippen LogP contribution in [0.4, 0.5) is 0 Å². The van der Waals surface area contributed by atoms with Gasteiger partial charge in [-0.1, -0.05) is 6.92 Å². The van der Waals surface area contributed by atoms with E-state index >= 15 is 0 Å². The fourth-order valence-electron chi connectivity index (χ4n) is 2.58. The summed E-state index contributed by atoms with van der Waals surface area (Å²) in [5, 5.41) is 0. The van der Waals surface area contributed by atoms with Crippen LogP contribution in [-0.4, -0.2) is 36.7 Å². The van der Waals surface area contributed by atoms with Crippen molar-refractivity contribution in [3.8, 4) is 0 Å². The van der Waals surface area contributed by atoms with Gasteiger partial charge < -0.3 is 14.9 Å². The van der Waals surface area contributed by atoms with Crippen molar-refractivity contribution >= 4 is 0 Å². The summed E-state index contributed by atoms with van der Waals surface area (Å²) in [5.74, 6) is 0.991. The van der Waals surface area contributed by atoms with Crippen LogP contribution in [0.1, 0.15) is 25.5 Å². The molecular weight excluding hydrogens is 216 g/mol. The summed E-state index contributed by atoms with van der Waals surface area (Å²) in [7, 11) is 0. The minimum atomic E-state index is -0.0141. The monoisotopic (exact) mass is 238 g/mol. The van der Waals surface area contributed by atoms with Gasteiger partial charge in [-0.15, -0.1) is 0 Å². The number of hydrogen-bond acceptors (Lipinski definition) is 4. The molecule has 0 aliphatic carbocycles. The first-order valence-corrected chi connectivity index (χ1v) is 6.36. The van der Waals surface area contributed by atoms with Crippen molar-refractivity contribution in [1.29, 1.82) is 0 Å². The first-order chi connectivity index (χ1) is 8.30. The van der Waals surface area contributed by atoms with Crippen LogP contribution < -0.4 is 5.73 Å². The van der Waals surface area contributed by atoms with E-state index in [2.05, 4.69) is 11.8 Å². The van der Waals surface area contributed by atoms with Crippen molar-refractivity contribution in [2.75, 3.05) is 26.3 Å². The molecule has 0 amide bonds. The van der Waals surface area contributed by atoms with Gasteiger partial charge in [-0.25, -0.2) is 0 Å². The highest BCUT2D eigenvalue weighted by atomic mass is 16.5. The average Bonchev–Trinajstić information content (AvgIpc) is 2.89. The van der Waals surface area contributed by atoms with E-state index in [-0.39, 0.29) is 5.54 Å². The van der Waals surface area contributed by atoms with Crippen molar-refractivity contribution < 1.29 is 9.15 Å². The Hall–Kier alpha value is -0.840. The van der Waals surface area contributed by atoms with Gasteiger partial charge >= 0.3 is 0 Å². The minimum absolute atomic E-state index is 0.0141. The smallest absolute Gasteiger partial charge is 0.117 e. The third kappa shape index (κ3) is 2.70. The molecule has 1 aliphatic rings. The fourth-order valence-corrected chi connectivity index (χ4v) is 2.58. The lowest BCUT2D eigenvalue weighted by atomic mass is 9.90. The molecule has 1 atom stereocenters. The second-order valence-corrected chi connectivity index (χ2v) is 4.68. The molecule has 1 aromatic heterocycles. The van der Waals surface area contributed by atoms with Gasteiger partial charge in [0.15, 0.2) is 0 Å². The first kappa shape index (κ1) is 12.6. The summed E-state index contributed by atoms with van der Waals surface area (Å²) in [6.07, 6.45) is 3.92. The van der Waals surface area contributed by atoms with E-state index in [0.717, 1.165) is 44.9 Å². The zero-order valence-corrected chi connectivity index (χ0v) is 10.5. The maximum absolute atomic E-state index is 5.99. The third-order valence-electron chi connectivity index (χ3n) is 3.66.